The molecule has 4 nitrogen and oxygen atoms in total. The number of carbonyl (C=O) groups is 2. The van der Waals surface area contributed by atoms with E-state index in [0.29, 0.717) is 12.8 Å². The van der Waals surface area contributed by atoms with Crippen molar-refractivity contribution in [2.24, 2.45) is 5.92 Å². The Morgan fingerprint density at radius 2 is 1.50 bits per heavy atom. The normalized spacial score (nSPS) is 13.6. The number of hydrogen-bond acceptors (Lipinski definition) is 3. The van der Waals surface area contributed by atoms with Crippen molar-refractivity contribution in [1.29, 1.82) is 0 Å². The predicted molar refractivity (Wildman–Crippen MR) is 88.8 cm³/mol. The van der Waals surface area contributed by atoms with Crippen molar-refractivity contribution >= 4 is 11.9 Å². The van der Waals surface area contributed by atoms with Crippen LogP contribution in [0.1, 0.15) is 91.4 Å². The molecule has 1 N–H and O–H groups in total. The Bertz CT molecular complexity index is 301. The van der Waals surface area contributed by atoms with E-state index in [-0.39, 0.29) is 12.1 Å². The van der Waals surface area contributed by atoms with Gasteiger partial charge in [0.15, 0.2) is 0 Å². The zero-order chi connectivity index (χ0) is 16.8. The van der Waals surface area contributed by atoms with E-state index in [1.807, 2.05) is 6.92 Å². The third-order valence-electron chi connectivity index (χ3n) is 4.10. The number of carboxylic acid groups (broad SMARTS) is 1. The highest BCUT2D eigenvalue weighted by Gasteiger charge is 2.22. The summed E-state index contributed by atoms with van der Waals surface area (Å²) in [6.45, 7) is 5.47. The lowest BCUT2D eigenvalue weighted by Gasteiger charge is -2.20. The van der Waals surface area contributed by atoms with E-state index < -0.39 is 11.9 Å². The van der Waals surface area contributed by atoms with Crippen LogP contribution in [0.15, 0.2) is 0 Å². The highest BCUT2D eigenvalue weighted by atomic mass is 16.5. The van der Waals surface area contributed by atoms with Crippen LogP contribution in [0.4, 0.5) is 0 Å². The lowest BCUT2D eigenvalue weighted by atomic mass is 9.95. The maximum Gasteiger partial charge on any atom is 0.306 e. The van der Waals surface area contributed by atoms with Gasteiger partial charge in [0.1, 0.15) is 6.10 Å². The van der Waals surface area contributed by atoms with Gasteiger partial charge in [-0.2, -0.15) is 0 Å². The van der Waals surface area contributed by atoms with E-state index in [2.05, 4.69) is 6.92 Å². The predicted octanol–water partition coefficient (Wildman–Crippen LogP) is 4.95. The molecule has 0 saturated carbocycles. The molecule has 0 heterocycles. The molecule has 0 amide bonds. The highest BCUT2D eigenvalue weighted by Crippen LogP contribution is 2.19. The molecule has 0 aliphatic heterocycles. The minimum absolute atomic E-state index is 0.251. The summed E-state index contributed by atoms with van der Waals surface area (Å²) >= 11 is 0. The molecule has 0 aliphatic rings. The monoisotopic (exact) mass is 314 g/mol. The maximum atomic E-state index is 11.2. The Balaban J connectivity index is 3.94. The first kappa shape index (κ1) is 20.9. The van der Waals surface area contributed by atoms with Gasteiger partial charge in [-0.3, -0.25) is 9.59 Å². The second-order valence-electron chi connectivity index (χ2n) is 6.17. The molecule has 4 heteroatoms. The summed E-state index contributed by atoms with van der Waals surface area (Å²) in [4.78, 5) is 22.3. The summed E-state index contributed by atoms with van der Waals surface area (Å²) in [5.74, 6) is -1.53. The first-order chi connectivity index (χ1) is 10.5. The van der Waals surface area contributed by atoms with Crippen LogP contribution < -0.4 is 0 Å². The van der Waals surface area contributed by atoms with Gasteiger partial charge in [0, 0.05) is 6.92 Å². The summed E-state index contributed by atoms with van der Waals surface area (Å²) in [6, 6.07) is 0. The van der Waals surface area contributed by atoms with Crippen molar-refractivity contribution in [3.05, 3.63) is 0 Å². The van der Waals surface area contributed by atoms with Crippen molar-refractivity contribution in [2.75, 3.05) is 0 Å². The fourth-order valence-electron chi connectivity index (χ4n) is 2.72. The number of hydrogen-bond donors (Lipinski definition) is 1. The summed E-state index contributed by atoms with van der Waals surface area (Å²) < 4.78 is 5.29. The summed E-state index contributed by atoms with van der Waals surface area (Å²) in [7, 11) is 0. The van der Waals surface area contributed by atoms with Gasteiger partial charge in [-0.1, -0.05) is 58.8 Å². The summed E-state index contributed by atoms with van der Waals surface area (Å²) in [6.07, 6.45) is 11.4. The molecule has 0 aliphatic carbocycles. The van der Waals surface area contributed by atoms with Crippen LogP contribution in [0.2, 0.25) is 0 Å². The van der Waals surface area contributed by atoms with Gasteiger partial charge >= 0.3 is 11.9 Å². The smallest absolute Gasteiger partial charge is 0.306 e. The van der Waals surface area contributed by atoms with Crippen LogP contribution in [0, 0.1) is 5.92 Å². The van der Waals surface area contributed by atoms with E-state index in [1.165, 1.54) is 45.4 Å². The molecule has 0 rings (SSSR count). The first-order valence-electron chi connectivity index (χ1n) is 8.91. The van der Waals surface area contributed by atoms with Crippen molar-refractivity contribution < 1.29 is 19.4 Å². The molecule has 130 valence electrons. The second kappa shape index (κ2) is 13.6. The maximum absolute atomic E-state index is 11.2. The Labute approximate surface area is 135 Å². The minimum atomic E-state index is -0.796. The number of carboxylic acids is 1. The Kier molecular flexibility index (Phi) is 12.9. The van der Waals surface area contributed by atoms with Gasteiger partial charge in [-0.25, -0.2) is 0 Å². The van der Waals surface area contributed by atoms with Crippen LogP contribution in [-0.4, -0.2) is 23.1 Å². The van der Waals surface area contributed by atoms with Crippen molar-refractivity contribution in [1.82, 2.24) is 0 Å². The SMILES string of the molecule is CCCCCCCCCC[C@@H](CC(CC)C(=O)O)OC(C)=O. The topological polar surface area (TPSA) is 63.6 Å². The van der Waals surface area contributed by atoms with Crippen LogP contribution in [0.5, 0.6) is 0 Å². The molecular formula is C18H34O4. The molecule has 0 bridgehead atoms. The minimum Gasteiger partial charge on any atom is -0.481 e. The average Bonchev–Trinajstić information content (AvgIpc) is 2.46. The van der Waals surface area contributed by atoms with Gasteiger partial charge in [0.05, 0.1) is 5.92 Å². The Hall–Kier alpha value is -1.06. The molecule has 0 fully saturated rings. The van der Waals surface area contributed by atoms with Gasteiger partial charge < -0.3 is 9.84 Å². The van der Waals surface area contributed by atoms with Gasteiger partial charge in [-0.15, -0.1) is 0 Å². The number of esters is 1. The molecule has 1 unspecified atom stereocenters. The standard InChI is InChI=1S/C18H34O4/c1-4-6-7-8-9-10-11-12-13-17(22-15(3)19)14-16(5-2)18(20)21/h16-17H,4-14H2,1-3H3,(H,20,21)/t16?,17-/m0/s1. The number of carbonyl (C=O) groups excluding carboxylic acids is 1. The van der Waals surface area contributed by atoms with Crippen LogP contribution in [-0.2, 0) is 14.3 Å². The van der Waals surface area contributed by atoms with Gasteiger partial charge in [-0.05, 0) is 25.7 Å². The molecular weight excluding hydrogens is 280 g/mol. The number of unbranched alkanes of at least 4 members (excludes halogenated alkanes) is 7. The number of rotatable bonds is 14. The number of aliphatic carboxylic acids is 1. The van der Waals surface area contributed by atoms with Crippen LogP contribution in [0.3, 0.4) is 0 Å². The molecule has 0 radical (unpaired) electrons. The largest absolute Gasteiger partial charge is 0.481 e. The highest BCUT2D eigenvalue weighted by molar-refractivity contribution is 5.70. The van der Waals surface area contributed by atoms with E-state index in [1.54, 1.807) is 0 Å². The zero-order valence-corrected chi connectivity index (χ0v) is 14.6. The average molecular weight is 314 g/mol. The van der Waals surface area contributed by atoms with E-state index >= 15 is 0 Å². The molecule has 0 aromatic heterocycles. The van der Waals surface area contributed by atoms with Crippen LogP contribution in [0.25, 0.3) is 0 Å². The van der Waals surface area contributed by atoms with E-state index in [0.717, 1.165) is 19.3 Å². The molecule has 0 aromatic rings. The lowest BCUT2D eigenvalue weighted by molar-refractivity contribution is -0.151. The molecule has 0 spiro atoms. The van der Waals surface area contributed by atoms with E-state index in [4.69, 9.17) is 9.84 Å². The quantitative estimate of drug-likeness (QED) is 0.364. The Morgan fingerprint density at radius 3 is 1.95 bits per heavy atom. The Morgan fingerprint density at radius 1 is 0.955 bits per heavy atom. The molecule has 0 saturated heterocycles. The second-order valence-corrected chi connectivity index (χ2v) is 6.17. The summed E-state index contributed by atoms with van der Waals surface area (Å²) in [5, 5.41) is 9.13. The fraction of sp³-hybridized carbons (Fsp3) is 0.889. The van der Waals surface area contributed by atoms with Crippen molar-refractivity contribution in [2.45, 2.75) is 97.5 Å². The summed E-state index contributed by atoms with van der Waals surface area (Å²) in [5.41, 5.74) is 0. The van der Waals surface area contributed by atoms with E-state index in [9.17, 15) is 9.59 Å². The fourth-order valence-corrected chi connectivity index (χ4v) is 2.72. The molecule has 2 atom stereocenters. The van der Waals surface area contributed by atoms with Gasteiger partial charge in [0.25, 0.3) is 0 Å². The van der Waals surface area contributed by atoms with Crippen molar-refractivity contribution in [3.8, 4) is 0 Å². The van der Waals surface area contributed by atoms with Gasteiger partial charge in [0.2, 0.25) is 0 Å². The third-order valence-corrected chi connectivity index (χ3v) is 4.10. The number of ether oxygens (including phenoxy) is 1. The molecule has 22 heavy (non-hydrogen) atoms. The van der Waals surface area contributed by atoms with Crippen molar-refractivity contribution in [3.63, 3.8) is 0 Å². The van der Waals surface area contributed by atoms with Crippen LogP contribution >= 0.6 is 0 Å². The zero-order valence-electron chi connectivity index (χ0n) is 14.6. The lowest BCUT2D eigenvalue weighted by Crippen LogP contribution is -2.24. The third kappa shape index (κ3) is 11.6. The first-order valence-corrected chi connectivity index (χ1v) is 8.91. The molecule has 0 aromatic carbocycles.